The van der Waals surface area contributed by atoms with Crippen LogP contribution < -0.4 is 5.32 Å². The Hall–Kier alpha value is -2.06. The topological polar surface area (TPSA) is 59.4 Å². The van der Waals surface area contributed by atoms with E-state index in [0.717, 1.165) is 38.0 Å². The normalized spacial score (nSPS) is 25.5. The molecule has 128 valence electrons. The molecule has 5 heteroatoms. The summed E-state index contributed by atoms with van der Waals surface area (Å²) in [5, 5.41) is 12.0. The number of benzene rings is 1. The van der Waals surface area contributed by atoms with Gasteiger partial charge in [-0.1, -0.05) is 12.1 Å². The first-order valence-corrected chi connectivity index (χ1v) is 8.84. The molecule has 2 amide bonds. The lowest BCUT2D eigenvalue weighted by molar-refractivity contribution is 0.0525. The van der Waals surface area contributed by atoms with E-state index in [1.165, 1.54) is 6.42 Å². The highest BCUT2D eigenvalue weighted by molar-refractivity contribution is 5.75. The lowest BCUT2D eigenvalue weighted by Gasteiger charge is -2.46. The zero-order chi connectivity index (χ0) is 17.1. The summed E-state index contributed by atoms with van der Waals surface area (Å²) < 4.78 is 0. The van der Waals surface area contributed by atoms with E-state index in [2.05, 4.69) is 28.2 Å². The molecule has 2 aliphatic heterocycles. The summed E-state index contributed by atoms with van der Waals surface area (Å²) in [5.74, 6) is 0.605. The van der Waals surface area contributed by atoms with Crippen LogP contribution in [0.25, 0.3) is 0 Å². The minimum absolute atomic E-state index is 0.0473. The number of hydrogen-bond acceptors (Lipinski definition) is 3. The van der Waals surface area contributed by atoms with Gasteiger partial charge in [0.2, 0.25) is 0 Å². The summed E-state index contributed by atoms with van der Waals surface area (Å²) in [4.78, 5) is 17.2. The molecule has 2 heterocycles. The number of fused-ring (bicyclic) bond motifs is 1. The lowest BCUT2D eigenvalue weighted by atomic mass is 9.84. The van der Waals surface area contributed by atoms with Crippen molar-refractivity contribution in [3.8, 4) is 6.07 Å². The number of carbonyl (C=O) groups is 1. The van der Waals surface area contributed by atoms with Gasteiger partial charge in [-0.25, -0.2) is 4.79 Å². The molecule has 2 saturated heterocycles. The van der Waals surface area contributed by atoms with Gasteiger partial charge in [0.05, 0.1) is 17.7 Å². The fourth-order valence-corrected chi connectivity index (χ4v) is 4.04. The smallest absolute Gasteiger partial charge is 0.318 e. The maximum Gasteiger partial charge on any atom is 0.318 e. The van der Waals surface area contributed by atoms with Crippen molar-refractivity contribution >= 4 is 6.03 Å². The zero-order valence-electron chi connectivity index (χ0n) is 14.5. The number of amides is 2. The summed E-state index contributed by atoms with van der Waals surface area (Å²) in [6.07, 6.45) is 3.39. The van der Waals surface area contributed by atoms with E-state index in [1.54, 1.807) is 12.1 Å². The average molecular weight is 326 g/mol. The van der Waals surface area contributed by atoms with Crippen LogP contribution in [0.4, 0.5) is 4.79 Å². The van der Waals surface area contributed by atoms with Crippen molar-refractivity contribution < 1.29 is 4.79 Å². The molecule has 2 fully saturated rings. The van der Waals surface area contributed by atoms with Crippen molar-refractivity contribution in [3.63, 3.8) is 0 Å². The number of nitrogens with one attached hydrogen (secondary N) is 1. The molecule has 0 spiro atoms. The number of rotatable bonds is 2. The van der Waals surface area contributed by atoms with Gasteiger partial charge in [-0.3, -0.25) is 0 Å². The summed E-state index contributed by atoms with van der Waals surface area (Å²) in [7, 11) is 2.17. The van der Waals surface area contributed by atoms with Crippen molar-refractivity contribution in [1.29, 1.82) is 5.26 Å². The lowest BCUT2D eigenvalue weighted by Crippen LogP contribution is -2.57. The number of urea groups is 1. The van der Waals surface area contributed by atoms with Gasteiger partial charge in [0.1, 0.15) is 0 Å². The molecule has 3 atom stereocenters. The first-order valence-electron chi connectivity index (χ1n) is 8.84. The second-order valence-electron chi connectivity index (χ2n) is 7.12. The fourth-order valence-electron chi connectivity index (χ4n) is 4.04. The molecule has 5 nitrogen and oxygen atoms in total. The van der Waals surface area contributed by atoms with Crippen molar-refractivity contribution in [3.05, 3.63) is 35.4 Å². The highest BCUT2D eigenvalue weighted by Gasteiger charge is 2.37. The van der Waals surface area contributed by atoms with Gasteiger partial charge < -0.3 is 15.1 Å². The summed E-state index contributed by atoms with van der Waals surface area (Å²) >= 11 is 0. The van der Waals surface area contributed by atoms with E-state index in [4.69, 9.17) is 5.26 Å². The van der Waals surface area contributed by atoms with Crippen LogP contribution in [0.3, 0.4) is 0 Å². The summed E-state index contributed by atoms with van der Waals surface area (Å²) in [5.41, 5.74) is 1.67. The number of nitrogens with zero attached hydrogens (tertiary/aromatic N) is 3. The molecule has 1 N–H and O–H groups in total. The average Bonchev–Trinajstić information content (AvgIpc) is 2.60. The van der Waals surface area contributed by atoms with Crippen LogP contribution in [0, 0.1) is 17.2 Å². The maximum absolute atomic E-state index is 12.8. The van der Waals surface area contributed by atoms with E-state index in [9.17, 15) is 4.79 Å². The minimum atomic E-state index is -0.0584. The van der Waals surface area contributed by atoms with Crippen molar-refractivity contribution in [2.75, 3.05) is 26.7 Å². The van der Waals surface area contributed by atoms with Gasteiger partial charge >= 0.3 is 6.03 Å². The molecule has 24 heavy (non-hydrogen) atoms. The molecule has 0 saturated carbocycles. The Morgan fingerprint density at radius 3 is 2.75 bits per heavy atom. The van der Waals surface area contributed by atoms with Gasteiger partial charge in [0.25, 0.3) is 0 Å². The quantitative estimate of drug-likeness (QED) is 0.909. The number of hydrogen-bond donors (Lipinski definition) is 1. The standard InChI is InChI=1S/C19H26N4O/c1-14(16-7-5-15(12-20)6-8-16)21-19(24)23-10-3-4-17-13-22(2)11-9-18(17)23/h5-8,14,17-18H,3-4,9-11,13H2,1-2H3,(H,21,24)/t14-,17+,18-/m0/s1. The summed E-state index contributed by atoms with van der Waals surface area (Å²) in [6, 6.07) is 9.91. The Kier molecular flexibility index (Phi) is 5.06. The van der Waals surface area contributed by atoms with Crippen LogP contribution in [0.5, 0.6) is 0 Å². The Balaban J connectivity index is 1.64. The Morgan fingerprint density at radius 2 is 2.04 bits per heavy atom. The first-order chi connectivity index (χ1) is 11.6. The SMILES string of the molecule is C[C@H](NC(=O)N1CCC[C@@H]2CN(C)CC[C@@H]21)c1ccc(C#N)cc1. The third-order valence-electron chi connectivity index (χ3n) is 5.41. The molecule has 0 unspecified atom stereocenters. The van der Waals surface area contributed by atoms with Crippen LogP contribution in [0.2, 0.25) is 0 Å². The number of carbonyl (C=O) groups excluding carboxylic acids is 1. The van der Waals surface area contributed by atoms with Gasteiger partial charge in [-0.15, -0.1) is 0 Å². The number of likely N-dealkylation sites (tertiary alicyclic amines) is 2. The second kappa shape index (κ2) is 7.23. The first kappa shape index (κ1) is 16.8. The predicted molar refractivity (Wildman–Crippen MR) is 93.4 cm³/mol. The molecule has 2 aliphatic rings. The fraction of sp³-hybridized carbons (Fsp3) is 0.579. The van der Waals surface area contributed by atoms with E-state index >= 15 is 0 Å². The van der Waals surface area contributed by atoms with Crippen LogP contribution in [0.1, 0.15) is 43.4 Å². The van der Waals surface area contributed by atoms with Crippen molar-refractivity contribution in [1.82, 2.24) is 15.1 Å². The van der Waals surface area contributed by atoms with Gasteiger partial charge in [0, 0.05) is 19.1 Å². The number of nitriles is 1. The predicted octanol–water partition coefficient (Wildman–Crippen LogP) is 2.74. The third-order valence-corrected chi connectivity index (χ3v) is 5.41. The van der Waals surface area contributed by atoms with E-state index < -0.39 is 0 Å². The van der Waals surface area contributed by atoms with E-state index in [1.807, 2.05) is 19.1 Å². The monoisotopic (exact) mass is 326 g/mol. The van der Waals surface area contributed by atoms with Crippen LogP contribution in [-0.4, -0.2) is 48.6 Å². The molecule has 1 aromatic carbocycles. The van der Waals surface area contributed by atoms with E-state index in [-0.39, 0.29) is 12.1 Å². The minimum Gasteiger partial charge on any atom is -0.331 e. The van der Waals surface area contributed by atoms with E-state index in [0.29, 0.717) is 17.5 Å². The summed E-state index contributed by atoms with van der Waals surface area (Å²) in [6.45, 7) is 5.02. The van der Waals surface area contributed by atoms with Crippen LogP contribution in [-0.2, 0) is 0 Å². The van der Waals surface area contributed by atoms with Crippen LogP contribution >= 0.6 is 0 Å². The molecule has 0 radical (unpaired) electrons. The maximum atomic E-state index is 12.8. The molecule has 0 aromatic heterocycles. The molecular weight excluding hydrogens is 300 g/mol. The molecule has 1 aromatic rings. The van der Waals surface area contributed by atoms with Crippen molar-refractivity contribution in [2.45, 2.75) is 38.3 Å². The zero-order valence-corrected chi connectivity index (χ0v) is 14.5. The van der Waals surface area contributed by atoms with Gasteiger partial charge in [-0.2, -0.15) is 5.26 Å². The highest BCUT2D eigenvalue weighted by Crippen LogP contribution is 2.30. The van der Waals surface area contributed by atoms with Crippen molar-refractivity contribution in [2.24, 2.45) is 5.92 Å². The van der Waals surface area contributed by atoms with Crippen LogP contribution in [0.15, 0.2) is 24.3 Å². The van der Waals surface area contributed by atoms with Gasteiger partial charge in [0.15, 0.2) is 0 Å². The molecular formula is C19H26N4O. The Morgan fingerprint density at radius 1 is 1.29 bits per heavy atom. The highest BCUT2D eigenvalue weighted by atomic mass is 16.2. The van der Waals surface area contributed by atoms with Gasteiger partial charge in [-0.05, 0) is 63.4 Å². The Bertz CT molecular complexity index is 621. The molecule has 3 rings (SSSR count). The second-order valence-corrected chi connectivity index (χ2v) is 7.12. The Labute approximate surface area is 144 Å². The number of piperidine rings is 2. The molecule has 0 aliphatic carbocycles. The largest absolute Gasteiger partial charge is 0.331 e. The third kappa shape index (κ3) is 3.54. The molecule has 0 bridgehead atoms.